The molecule has 5 rings (SSSR count). The quantitative estimate of drug-likeness (QED) is 0.443. The van der Waals surface area contributed by atoms with Crippen LogP contribution in [0.2, 0.25) is 0 Å². The first-order valence-corrected chi connectivity index (χ1v) is 10.9. The molecule has 1 aliphatic rings. The summed E-state index contributed by atoms with van der Waals surface area (Å²) in [5.74, 6) is 1.34. The summed E-state index contributed by atoms with van der Waals surface area (Å²) in [6, 6.07) is 22.6. The number of hydrogen-bond acceptors (Lipinski definition) is 5. The average molecular weight is 444 g/mol. The van der Waals surface area contributed by atoms with Crippen molar-refractivity contribution in [3.05, 3.63) is 88.9 Å². The molecule has 2 heterocycles. The second-order valence-electron chi connectivity index (χ2n) is 7.28. The monoisotopic (exact) mass is 443 g/mol. The maximum Gasteiger partial charge on any atom is 0.320 e. The van der Waals surface area contributed by atoms with Crippen molar-refractivity contribution in [3.8, 4) is 11.5 Å². The number of para-hydroxylation sites is 1. The van der Waals surface area contributed by atoms with E-state index in [1.165, 1.54) is 0 Å². The maximum atomic E-state index is 12.8. The second-order valence-corrected chi connectivity index (χ2v) is 8.31. The van der Waals surface area contributed by atoms with Crippen LogP contribution in [0.3, 0.4) is 0 Å². The fourth-order valence-electron chi connectivity index (χ4n) is 3.91. The number of fused-ring (bicyclic) bond motifs is 1. The summed E-state index contributed by atoms with van der Waals surface area (Å²) >= 11 is 1.59. The molecule has 4 aromatic rings. The number of hydrogen-bond donors (Lipinski definition) is 2. The zero-order chi connectivity index (χ0) is 22.1. The highest BCUT2D eigenvalue weighted by Crippen LogP contribution is 2.43. The molecule has 3 aromatic carbocycles. The van der Waals surface area contributed by atoms with Crippen LogP contribution in [0.25, 0.3) is 21.5 Å². The van der Waals surface area contributed by atoms with E-state index >= 15 is 0 Å². The van der Waals surface area contributed by atoms with Crippen molar-refractivity contribution in [1.29, 1.82) is 0 Å². The zero-order valence-electron chi connectivity index (χ0n) is 17.6. The zero-order valence-corrected chi connectivity index (χ0v) is 18.4. The Kier molecular flexibility index (Phi) is 5.25. The Morgan fingerprint density at radius 2 is 1.72 bits per heavy atom. The van der Waals surface area contributed by atoms with Gasteiger partial charge in [-0.05, 0) is 35.9 Å². The van der Waals surface area contributed by atoms with Gasteiger partial charge in [-0.1, -0.05) is 42.5 Å². The van der Waals surface area contributed by atoms with Crippen LogP contribution in [-0.4, -0.2) is 25.2 Å². The predicted octanol–water partition coefficient (Wildman–Crippen LogP) is 5.24. The van der Waals surface area contributed by atoms with Gasteiger partial charge in [-0.3, -0.25) is 0 Å². The molecule has 6 nitrogen and oxygen atoms in total. The van der Waals surface area contributed by atoms with Crippen molar-refractivity contribution < 1.29 is 14.3 Å². The highest BCUT2D eigenvalue weighted by Gasteiger charge is 2.34. The summed E-state index contributed by atoms with van der Waals surface area (Å²) in [5.41, 5.74) is 4.22. The first-order valence-electron chi connectivity index (χ1n) is 10.1. The maximum absolute atomic E-state index is 12.8. The number of carbonyl (C=O) groups is 1. The molecule has 32 heavy (non-hydrogen) atoms. The Labute approximate surface area is 189 Å². The number of thiazole rings is 1. The van der Waals surface area contributed by atoms with E-state index in [-0.39, 0.29) is 6.03 Å². The Bertz CT molecular complexity index is 1300. The van der Waals surface area contributed by atoms with Gasteiger partial charge in [-0.25, -0.2) is 9.78 Å². The summed E-state index contributed by atoms with van der Waals surface area (Å²) in [4.78, 5) is 17.7. The highest BCUT2D eigenvalue weighted by atomic mass is 32.1. The van der Waals surface area contributed by atoms with Crippen LogP contribution in [0.4, 0.5) is 4.79 Å². The third-order valence-corrected chi connectivity index (χ3v) is 6.48. The normalized spacial score (nSPS) is 15.9. The number of urea groups is 1. The molecule has 0 fully saturated rings. The van der Waals surface area contributed by atoms with Crippen molar-refractivity contribution in [3.63, 3.8) is 0 Å². The minimum atomic E-state index is -0.482. The van der Waals surface area contributed by atoms with Crippen molar-refractivity contribution in [1.82, 2.24) is 15.6 Å². The number of benzene rings is 3. The van der Waals surface area contributed by atoms with Gasteiger partial charge in [0.1, 0.15) is 16.5 Å². The van der Waals surface area contributed by atoms with Gasteiger partial charge in [0, 0.05) is 11.1 Å². The van der Waals surface area contributed by atoms with E-state index in [0.717, 1.165) is 37.6 Å². The largest absolute Gasteiger partial charge is 0.497 e. The third kappa shape index (κ3) is 3.56. The number of rotatable bonds is 5. The average Bonchev–Trinajstić information content (AvgIpc) is 3.27. The SMILES string of the molecule is COc1ccc(OC)c([C@@H]2NC(=O)NC(c3ccccc3)=C2c2nc3ccccc3s2)c1. The predicted molar refractivity (Wildman–Crippen MR) is 127 cm³/mol. The first-order chi connectivity index (χ1) is 15.7. The lowest BCUT2D eigenvalue weighted by Gasteiger charge is -2.30. The summed E-state index contributed by atoms with van der Waals surface area (Å²) < 4.78 is 12.2. The van der Waals surface area contributed by atoms with Gasteiger partial charge in [0.05, 0.1) is 36.2 Å². The Hall–Kier alpha value is -3.84. The number of nitrogens with one attached hydrogen (secondary N) is 2. The molecule has 1 atom stereocenters. The van der Waals surface area contributed by atoms with Gasteiger partial charge in [0.25, 0.3) is 0 Å². The van der Waals surface area contributed by atoms with Crippen molar-refractivity contribution in [2.75, 3.05) is 14.2 Å². The van der Waals surface area contributed by atoms with Gasteiger partial charge >= 0.3 is 6.03 Å². The van der Waals surface area contributed by atoms with E-state index in [4.69, 9.17) is 14.5 Å². The minimum Gasteiger partial charge on any atom is -0.497 e. The number of methoxy groups -OCH3 is 2. The molecule has 2 N–H and O–H groups in total. The number of ether oxygens (including phenoxy) is 2. The molecule has 0 bridgehead atoms. The minimum absolute atomic E-state index is 0.288. The number of aromatic nitrogens is 1. The van der Waals surface area contributed by atoms with Gasteiger partial charge in [0.15, 0.2) is 0 Å². The van der Waals surface area contributed by atoms with E-state index in [2.05, 4.69) is 16.7 Å². The fourth-order valence-corrected chi connectivity index (χ4v) is 4.96. The van der Waals surface area contributed by atoms with E-state index in [9.17, 15) is 4.79 Å². The van der Waals surface area contributed by atoms with E-state index in [1.54, 1.807) is 25.6 Å². The molecule has 0 saturated carbocycles. The fraction of sp³-hybridized carbons (Fsp3) is 0.120. The van der Waals surface area contributed by atoms with Gasteiger partial charge < -0.3 is 20.1 Å². The molecule has 0 spiro atoms. The molecule has 0 aliphatic carbocycles. The van der Waals surface area contributed by atoms with Crippen molar-refractivity contribution in [2.24, 2.45) is 0 Å². The molecule has 7 heteroatoms. The summed E-state index contributed by atoms with van der Waals surface area (Å²) in [5, 5.41) is 6.92. The standard InChI is InChI=1S/C25H21N3O3S/c1-30-16-12-13-19(31-2)17(14-16)23-21(24-26-18-10-6-7-11-20(18)32-24)22(27-25(29)28-23)15-8-4-3-5-9-15/h3-14,23H,1-2H3,(H2,27,28,29)/t23-/m0/s1. The van der Waals surface area contributed by atoms with Gasteiger partial charge in [0.2, 0.25) is 0 Å². The molecule has 1 aromatic heterocycles. The van der Waals surface area contributed by atoms with Crippen molar-refractivity contribution in [2.45, 2.75) is 6.04 Å². The van der Waals surface area contributed by atoms with E-state index in [0.29, 0.717) is 11.5 Å². The number of carbonyl (C=O) groups excluding carboxylic acids is 1. The van der Waals surface area contributed by atoms with E-state index in [1.807, 2.05) is 66.7 Å². The van der Waals surface area contributed by atoms with Crippen LogP contribution in [0.1, 0.15) is 22.2 Å². The third-order valence-electron chi connectivity index (χ3n) is 5.41. The molecule has 1 aliphatic heterocycles. The van der Waals surface area contributed by atoms with Crippen LogP contribution in [0.15, 0.2) is 72.8 Å². The Morgan fingerprint density at radius 1 is 0.938 bits per heavy atom. The first kappa shape index (κ1) is 20.1. The molecule has 0 radical (unpaired) electrons. The van der Waals surface area contributed by atoms with Crippen LogP contribution in [0.5, 0.6) is 11.5 Å². The molecule has 0 saturated heterocycles. The lowest BCUT2D eigenvalue weighted by molar-refractivity contribution is 0.242. The highest BCUT2D eigenvalue weighted by molar-refractivity contribution is 7.19. The number of amides is 2. The topological polar surface area (TPSA) is 72.5 Å². The smallest absolute Gasteiger partial charge is 0.320 e. The summed E-state index contributed by atoms with van der Waals surface area (Å²) in [6.07, 6.45) is 0. The van der Waals surface area contributed by atoms with Gasteiger partial charge in [-0.15, -0.1) is 11.3 Å². The van der Waals surface area contributed by atoms with Crippen molar-refractivity contribution >= 4 is 38.9 Å². The van der Waals surface area contributed by atoms with Crippen LogP contribution in [0, 0.1) is 0 Å². The lowest BCUT2D eigenvalue weighted by Crippen LogP contribution is -2.43. The molecular weight excluding hydrogens is 422 g/mol. The summed E-state index contributed by atoms with van der Waals surface area (Å²) in [7, 11) is 3.24. The van der Waals surface area contributed by atoms with Gasteiger partial charge in [-0.2, -0.15) is 0 Å². The summed E-state index contributed by atoms with van der Waals surface area (Å²) in [6.45, 7) is 0. The van der Waals surface area contributed by atoms with E-state index < -0.39 is 6.04 Å². The Morgan fingerprint density at radius 3 is 2.47 bits per heavy atom. The number of nitrogens with zero attached hydrogens (tertiary/aromatic N) is 1. The van der Waals surface area contributed by atoms with Crippen LogP contribution < -0.4 is 20.1 Å². The second kappa shape index (κ2) is 8.36. The molecular formula is C25H21N3O3S. The lowest BCUT2D eigenvalue weighted by atomic mass is 9.92. The van der Waals surface area contributed by atoms with Crippen LogP contribution >= 0.6 is 11.3 Å². The van der Waals surface area contributed by atoms with Crippen LogP contribution in [-0.2, 0) is 0 Å². The molecule has 0 unspecified atom stereocenters. The Balaban J connectivity index is 1.79. The molecule has 2 amide bonds. The molecule has 160 valence electrons.